The summed E-state index contributed by atoms with van der Waals surface area (Å²) in [5, 5.41) is 0. The van der Waals surface area contributed by atoms with Crippen LogP contribution in [0.2, 0.25) is 0 Å². The molecule has 0 bridgehead atoms. The molecule has 0 heterocycles. The van der Waals surface area contributed by atoms with E-state index in [0.29, 0.717) is 0 Å². The molecule has 15 heavy (non-hydrogen) atoms. The summed E-state index contributed by atoms with van der Waals surface area (Å²) in [4.78, 5) is 0. The van der Waals surface area contributed by atoms with Crippen LogP contribution in [0.3, 0.4) is 0 Å². The van der Waals surface area contributed by atoms with E-state index in [1.165, 1.54) is 0 Å². The Bertz CT molecular complexity index is 380. The minimum absolute atomic E-state index is 0.388. The van der Waals surface area contributed by atoms with E-state index in [-0.39, 0.29) is 5.54 Å². The van der Waals surface area contributed by atoms with Crippen LogP contribution in [0.25, 0.3) is 0 Å². The Morgan fingerprint density at radius 3 is 2.27 bits per heavy atom. The van der Waals surface area contributed by atoms with Gasteiger partial charge in [-0.3, -0.25) is 0 Å². The van der Waals surface area contributed by atoms with Crippen molar-refractivity contribution in [2.45, 2.75) is 33.2 Å². The third-order valence-electron chi connectivity index (χ3n) is 2.51. The molecule has 3 heteroatoms. The van der Waals surface area contributed by atoms with E-state index in [1.54, 1.807) is 7.11 Å². The van der Waals surface area contributed by atoms with Crippen LogP contribution in [0.4, 0.5) is 0 Å². The number of hydrogen-bond acceptors (Lipinski definition) is 2. The fraction of sp³-hybridized carbons (Fsp3) is 0.500. The lowest BCUT2D eigenvalue weighted by molar-refractivity contribution is 0.390. The summed E-state index contributed by atoms with van der Waals surface area (Å²) < 4.78 is 6.51. The molecule has 84 valence electrons. The molecular formula is C12H18BrNO. The third-order valence-corrected chi connectivity index (χ3v) is 3.34. The summed E-state index contributed by atoms with van der Waals surface area (Å²) in [6.07, 6.45) is 0. The van der Waals surface area contributed by atoms with Gasteiger partial charge in [0.25, 0.3) is 0 Å². The zero-order valence-electron chi connectivity index (χ0n) is 9.94. The molecule has 0 fully saturated rings. The molecule has 1 aromatic carbocycles. The second-order valence-corrected chi connectivity index (χ2v) is 5.28. The molecule has 2 nitrogen and oxygen atoms in total. The van der Waals surface area contributed by atoms with E-state index < -0.39 is 0 Å². The molecule has 1 aromatic rings. The molecule has 1 rings (SSSR count). The van der Waals surface area contributed by atoms with Crippen molar-refractivity contribution in [2.24, 2.45) is 5.73 Å². The molecular weight excluding hydrogens is 254 g/mol. The van der Waals surface area contributed by atoms with Gasteiger partial charge < -0.3 is 10.5 Å². The number of hydrogen-bond donors (Lipinski definition) is 1. The first-order valence-electron chi connectivity index (χ1n) is 4.92. The van der Waals surface area contributed by atoms with E-state index in [1.807, 2.05) is 20.8 Å². The number of ether oxygens (including phenoxy) is 1. The molecule has 0 aromatic heterocycles. The lowest BCUT2D eigenvalue weighted by atomic mass is 9.89. The smallest absolute Gasteiger partial charge is 0.128 e. The number of benzene rings is 1. The molecule has 0 atom stereocenters. The highest BCUT2D eigenvalue weighted by Crippen LogP contribution is 2.37. The van der Waals surface area contributed by atoms with Crippen LogP contribution >= 0.6 is 15.9 Å². The minimum Gasteiger partial charge on any atom is -0.496 e. The van der Waals surface area contributed by atoms with E-state index in [4.69, 9.17) is 10.5 Å². The maximum absolute atomic E-state index is 6.16. The van der Waals surface area contributed by atoms with E-state index in [9.17, 15) is 0 Å². The average molecular weight is 272 g/mol. The molecule has 0 aliphatic heterocycles. The van der Waals surface area contributed by atoms with E-state index in [2.05, 4.69) is 28.9 Å². The van der Waals surface area contributed by atoms with Gasteiger partial charge in [0.1, 0.15) is 5.75 Å². The summed E-state index contributed by atoms with van der Waals surface area (Å²) in [5.74, 6) is 0.884. The van der Waals surface area contributed by atoms with Gasteiger partial charge >= 0.3 is 0 Å². The van der Waals surface area contributed by atoms with Gasteiger partial charge in [0, 0.05) is 21.1 Å². The SMILES string of the molecule is COc1c(C)c(Br)cc(C)c1C(C)(C)N. The normalized spacial score (nSPS) is 11.7. The molecule has 0 spiro atoms. The number of nitrogens with two attached hydrogens (primary N) is 1. The van der Waals surface area contributed by atoms with Crippen LogP contribution in [0.5, 0.6) is 5.75 Å². The van der Waals surface area contributed by atoms with Crippen molar-refractivity contribution in [1.29, 1.82) is 0 Å². The monoisotopic (exact) mass is 271 g/mol. The Kier molecular flexibility index (Phi) is 3.46. The number of halogens is 1. The molecule has 0 radical (unpaired) electrons. The lowest BCUT2D eigenvalue weighted by Crippen LogP contribution is -2.30. The molecule has 0 aliphatic carbocycles. The highest BCUT2D eigenvalue weighted by Gasteiger charge is 2.24. The zero-order chi connectivity index (χ0) is 11.8. The second-order valence-electron chi connectivity index (χ2n) is 4.43. The second kappa shape index (κ2) is 4.14. The summed E-state index contributed by atoms with van der Waals surface area (Å²) in [6, 6.07) is 2.09. The topological polar surface area (TPSA) is 35.2 Å². The summed E-state index contributed by atoms with van der Waals surface area (Å²) >= 11 is 3.52. The molecule has 0 aliphatic rings. The van der Waals surface area contributed by atoms with Crippen LogP contribution in [0.1, 0.15) is 30.5 Å². The van der Waals surface area contributed by atoms with Crippen molar-refractivity contribution in [3.8, 4) is 5.75 Å². The molecule has 2 N–H and O–H groups in total. The Morgan fingerprint density at radius 2 is 1.87 bits per heavy atom. The van der Waals surface area contributed by atoms with Crippen LogP contribution in [0.15, 0.2) is 10.5 Å². The van der Waals surface area contributed by atoms with Gasteiger partial charge in [-0.2, -0.15) is 0 Å². The van der Waals surface area contributed by atoms with Gasteiger partial charge in [0.05, 0.1) is 7.11 Å². The van der Waals surface area contributed by atoms with Gasteiger partial charge in [0.2, 0.25) is 0 Å². The minimum atomic E-state index is -0.388. The molecule has 0 unspecified atom stereocenters. The van der Waals surface area contributed by atoms with E-state index in [0.717, 1.165) is 26.9 Å². The van der Waals surface area contributed by atoms with Gasteiger partial charge in [-0.1, -0.05) is 15.9 Å². The van der Waals surface area contributed by atoms with Crippen LogP contribution in [-0.4, -0.2) is 7.11 Å². The van der Waals surface area contributed by atoms with Gasteiger partial charge in [0.15, 0.2) is 0 Å². The average Bonchev–Trinajstić information content (AvgIpc) is 2.08. The molecule has 0 saturated heterocycles. The summed E-state index contributed by atoms with van der Waals surface area (Å²) in [7, 11) is 1.68. The van der Waals surface area contributed by atoms with Crippen molar-refractivity contribution >= 4 is 15.9 Å². The van der Waals surface area contributed by atoms with Crippen molar-refractivity contribution in [3.05, 3.63) is 27.2 Å². The Hall–Kier alpha value is -0.540. The van der Waals surface area contributed by atoms with Crippen LogP contribution in [0, 0.1) is 13.8 Å². The predicted octanol–water partition coefficient (Wildman–Crippen LogP) is 3.27. The lowest BCUT2D eigenvalue weighted by Gasteiger charge is -2.26. The number of aryl methyl sites for hydroxylation is 1. The van der Waals surface area contributed by atoms with Crippen LogP contribution < -0.4 is 10.5 Å². The Balaban J connectivity index is 3.57. The molecule has 0 saturated carbocycles. The highest BCUT2D eigenvalue weighted by atomic mass is 79.9. The summed E-state index contributed by atoms with van der Waals surface area (Å²) in [6.45, 7) is 8.06. The maximum Gasteiger partial charge on any atom is 0.128 e. The first-order valence-corrected chi connectivity index (χ1v) is 5.71. The van der Waals surface area contributed by atoms with Crippen molar-refractivity contribution < 1.29 is 4.74 Å². The standard InChI is InChI=1S/C12H18BrNO/c1-7-6-9(13)8(2)11(15-5)10(7)12(3,4)14/h6H,14H2,1-5H3. The van der Waals surface area contributed by atoms with Gasteiger partial charge in [-0.05, 0) is 39.3 Å². The van der Waals surface area contributed by atoms with Crippen molar-refractivity contribution in [1.82, 2.24) is 0 Å². The Morgan fingerprint density at radius 1 is 1.33 bits per heavy atom. The number of methoxy groups -OCH3 is 1. The highest BCUT2D eigenvalue weighted by molar-refractivity contribution is 9.10. The largest absolute Gasteiger partial charge is 0.496 e. The van der Waals surface area contributed by atoms with Gasteiger partial charge in [-0.15, -0.1) is 0 Å². The van der Waals surface area contributed by atoms with Gasteiger partial charge in [-0.25, -0.2) is 0 Å². The first-order chi connectivity index (χ1) is 6.79. The van der Waals surface area contributed by atoms with Crippen molar-refractivity contribution in [2.75, 3.05) is 7.11 Å². The zero-order valence-corrected chi connectivity index (χ0v) is 11.5. The summed E-state index contributed by atoms with van der Waals surface area (Å²) in [5.41, 5.74) is 9.09. The third kappa shape index (κ3) is 2.34. The van der Waals surface area contributed by atoms with Crippen LogP contribution in [-0.2, 0) is 5.54 Å². The Labute approximate surface area is 99.9 Å². The first kappa shape index (κ1) is 12.5. The fourth-order valence-corrected chi connectivity index (χ4v) is 2.42. The quantitative estimate of drug-likeness (QED) is 0.896. The van der Waals surface area contributed by atoms with Crippen molar-refractivity contribution in [3.63, 3.8) is 0 Å². The predicted molar refractivity (Wildman–Crippen MR) is 67.4 cm³/mol. The maximum atomic E-state index is 6.16. The fourth-order valence-electron chi connectivity index (χ4n) is 1.90. The van der Waals surface area contributed by atoms with E-state index >= 15 is 0 Å². The number of rotatable bonds is 2. The molecule has 0 amide bonds.